The Hall–Kier alpha value is 1.66. The second-order valence-electron chi connectivity index (χ2n) is 2.04. The fourth-order valence-corrected chi connectivity index (χ4v) is 0. The molecule has 0 amide bonds. The van der Waals surface area contributed by atoms with Crippen molar-refractivity contribution in [2.75, 3.05) is 0 Å². The van der Waals surface area contributed by atoms with Crippen LogP contribution in [-0.4, -0.2) is 122 Å². The molecular weight excluding hydrogens is 665 g/mol. The van der Waals surface area contributed by atoms with Crippen LogP contribution in [-0.2, 0) is 91.0 Å². The van der Waals surface area contributed by atoms with E-state index in [0.29, 0.717) is 0 Å². The van der Waals surface area contributed by atoms with E-state index in [9.17, 15) is 0 Å². The van der Waals surface area contributed by atoms with Gasteiger partial charge < -0.3 is 45.5 Å². The molecule has 0 spiro atoms. The van der Waals surface area contributed by atoms with Gasteiger partial charge in [-0.05, 0) is 0 Å². The first-order valence-corrected chi connectivity index (χ1v) is 10.0. The molecule has 0 saturated heterocycles. The Balaban J connectivity index is -0.0000000238. The summed E-state index contributed by atoms with van der Waals surface area (Å²) in [6.45, 7) is 0. The molecule has 0 heterocycles. The van der Waals surface area contributed by atoms with Crippen molar-refractivity contribution in [2.24, 2.45) is 0 Å². The zero-order chi connectivity index (χ0) is 22.5. The summed E-state index contributed by atoms with van der Waals surface area (Å²) in [4.78, 5) is 0. The second-order valence-corrected chi connectivity index (χ2v) is 6.12. The van der Waals surface area contributed by atoms with Gasteiger partial charge in [-0.25, -0.2) is 0 Å². The van der Waals surface area contributed by atoms with Crippen LogP contribution in [0.1, 0.15) is 0 Å². The van der Waals surface area contributed by atoms with Crippen molar-refractivity contribution < 1.29 is 127 Å². The molecule has 0 saturated carbocycles. The Bertz CT molecular complexity index is 629. The van der Waals surface area contributed by atoms with Crippen molar-refractivity contribution in [1.29, 1.82) is 0 Å². The van der Waals surface area contributed by atoms with Crippen molar-refractivity contribution in [3.63, 3.8) is 0 Å². The van der Waals surface area contributed by atoms with Crippen LogP contribution in [0.25, 0.3) is 0 Å². The van der Waals surface area contributed by atoms with Gasteiger partial charge in [-0.1, -0.05) is 0 Å². The Morgan fingerprint density at radius 2 is 0.276 bits per heavy atom. The molecule has 29 heteroatoms. The van der Waals surface area contributed by atoms with Crippen molar-refractivity contribution in [2.45, 2.75) is 0 Å². The van der Waals surface area contributed by atoms with Crippen molar-refractivity contribution in [3.8, 4) is 0 Å². The maximum absolute atomic E-state index is 8.52. The first kappa shape index (κ1) is 57.5. The Morgan fingerprint density at radius 3 is 0.276 bits per heavy atom. The van der Waals surface area contributed by atoms with Crippen LogP contribution in [0.15, 0.2) is 0 Å². The van der Waals surface area contributed by atoms with E-state index in [0.717, 1.165) is 0 Å². The van der Waals surface area contributed by atoms with Crippen LogP contribution in [0.5, 0.6) is 0 Å². The smallest absolute Gasteiger partial charge is 0.759 e. The molecule has 0 unspecified atom stereocenters. The van der Waals surface area contributed by atoms with Gasteiger partial charge in [-0.2, -0.15) is 0 Å². The van der Waals surface area contributed by atoms with Gasteiger partial charge in [0.1, 0.15) is 0 Å². The maximum Gasteiger partial charge on any atom is 3.00 e. The third kappa shape index (κ3) is 8220. The molecule has 0 aliphatic heterocycles. The Labute approximate surface area is 211 Å². The number of rotatable bonds is 0. The molecule has 0 aromatic rings. The van der Waals surface area contributed by atoms with Crippen molar-refractivity contribution >= 4 is 86.7 Å². The molecule has 29 heavy (non-hydrogen) atoms. The topological polar surface area (TPSA) is 401 Å². The fraction of sp³-hybridized carbons (Fsp3) is 0. The second kappa shape index (κ2) is 24.3. The van der Waals surface area contributed by atoms with Crippen LogP contribution in [0.3, 0.4) is 0 Å². The molecule has 0 radical (unpaired) electrons. The molecule has 0 atom stereocenters. The third-order valence-electron chi connectivity index (χ3n) is 0. The molecule has 0 aliphatic rings. The third-order valence-corrected chi connectivity index (χ3v) is 0. The molecule has 20 nitrogen and oxygen atoms in total. The van der Waals surface area contributed by atoms with Gasteiger partial charge in [0.05, 0.1) is 0 Å². The minimum Gasteiger partial charge on any atom is -0.759 e. The predicted octanol–water partition coefficient (Wildman–Crippen LogP) is -7.46. The zero-order valence-corrected chi connectivity index (χ0v) is 25.1. The van der Waals surface area contributed by atoms with Gasteiger partial charge >= 0.3 is 73.7 Å². The van der Waals surface area contributed by atoms with Crippen molar-refractivity contribution in [1.82, 2.24) is 0 Å². The van der Waals surface area contributed by atoms with E-state index >= 15 is 0 Å². The Morgan fingerprint density at radius 1 is 0.276 bits per heavy atom. The molecule has 0 rings (SSSR count). The van der Waals surface area contributed by atoms with Crippen molar-refractivity contribution in [3.05, 3.63) is 0 Å². The van der Waals surface area contributed by atoms with E-state index in [2.05, 4.69) is 0 Å². The quantitative estimate of drug-likeness (QED) is 0.132. The normalized spacial score (nSPS) is 10.0. The fourth-order valence-electron chi connectivity index (χ4n) is 0. The summed E-state index contributed by atoms with van der Waals surface area (Å²) >= 11 is 0. The minimum atomic E-state index is -5.17. The van der Waals surface area contributed by atoms with Crippen LogP contribution in [0.2, 0.25) is 0 Å². The summed E-state index contributed by atoms with van der Waals surface area (Å²) in [5.41, 5.74) is 0. The largest absolute Gasteiger partial charge is 3.00 e. The van der Waals surface area contributed by atoms with E-state index in [1.165, 1.54) is 0 Å². The summed E-state index contributed by atoms with van der Waals surface area (Å²) in [5.74, 6) is 0. The van der Waals surface area contributed by atoms with E-state index in [4.69, 9.17) is 87.6 Å². The SMILES string of the molecule is O=S(=O)([O-])[O-].O=S(=O)([O-])[O-].O=S(=O)([O-])[O-].O=S(=O)([O-])[O-].O=S(=O)([O-])[O-].[Al+3].[Al+3].[Zn+2].[Zn+2]. The van der Waals surface area contributed by atoms with Crippen LogP contribution in [0, 0.1) is 0 Å². The number of hydrogen-bond donors (Lipinski definition) is 0. The van der Waals surface area contributed by atoms with Crippen LogP contribution < -0.4 is 0 Å². The predicted molar refractivity (Wildman–Crippen MR) is 63.9 cm³/mol. The van der Waals surface area contributed by atoms with Gasteiger partial charge in [-0.3, -0.25) is 42.1 Å². The number of hydrogen-bond acceptors (Lipinski definition) is 20. The summed E-state index contributed by atoms with van der Waals surface area (Å²) in [5, 5.41) is 0. The first-order chi connectivity index (χ1) is 10.0. The first-order valence-electron chi connectivity index (χ1n) is 3.33. The van der Waals surface area contributed by atoms with Gasteiger partial charge in [0, 0.05) is 52.0 Å². The molecule has 0 fully saturated rings. The maximum atomic E-state index is 8.52. The molecule has 0 aromatic heterocycles. The summed E-state index contributed by atoms with van der Waals surface area (Å²) in [6, 6.07) is 0. The van der Waals surface area contributed by atoms with E-state index < -0.39 is 52.0 Å². The van der Waals surface area contributed by atoms with Crippen LogP contribution in [0.4, 0.5) is 0 Å². The van der Waals surface area contributed by atoms with Gasteiger partial charge in [0.15, 0.2) is 0 Å². The molecular formula is Al2O20S5Zn2. The van der Waals surface area contributed by atoms with Crippen LogP contribution >= 0.6 is 0 Å². The summed E-state index contributed by atoms with van der Waals surface area (Å²) in [6.07, 6.45) is 0. The van der Waals surface area contributed by atoms with E-state index in [1.54, 1.807) is 0 Å². The minimum absolute atomic E-state index is 0. The standard InChI is InChI=1S/2Al.5H2O4S.2Zn/c;;5*1-5(2,3)4;;/h;;5*(H2,1,2,3,4);;/q2*+3;;;;;;2*+2/p-10. The van der Waals surface area contributed by atoms with E-state index in [-0.39, 0.29) is 73.7 Å². The van der Waals surface area contributed by atoms with Gasteiger partial charge in [-0.15, -0.1) is 0 Å². The summed E-state index contributed by atoms with van der Waals surface area (Å²) < 4.78 is 170. The van der Waals surface area contributed by atoms with Gasteiger partial charge in [0.2, 0.25) is 0 Å². The zero-order valence-electron chi connectivity index (χ0n) is 12.8. The molecule has 160 valence electrons. The summed E-state index contributed by atoms with van der Waals surface area (Å²) in [7, 11) is -25.8. The Kier molecular flexibility index (Phi) is 48.2. The van der Waals surface area contributed by atoms with Gasteiger partial charge in [0.25, 0.3) is 0 Å². The molecule has 0 bridgehead atoms. The average Bonchev–Trinajstić information content (AvgIpc) is 1.79. The molecule has 0 N–H and O–H groups in total. The average molecular weight is 665 g/mol. The molecule has 0 aliphatic carbocycles. The monoisotopic (exact) mass is 662 g/mol. The molecule has 0 aromatic carbocycles. The van der Waals surface area contributed by atoms with E-state index in [1.807, 2.05) is 0 Å².